The summed E-state index contributed by atoms with van der Waals surface area (Å²) in [7, 11) is 0. The molecule has 0 amide bonds. The summed E-state index contributed by atoms with van der Waals surface area (Å²) in [6.45, 7) is 0. The van der Waals surface area contributed by atoms with Gasteiger partial charge in [0.1, 0.15) is 11.3 Å². The first-order valence-electron chi connectivity index (χ1n) is 11.7. The van der Waals surface area contributed by atoms with E-state index >= 15 is 0 Å². The van der Waals surface area contributed by atoms with Gasteiger partial charge >= 0.3 is 5.97 Å². The fourth-order valence-corrected chi connectivity index (χ4v) is 4.76. The van der Waals surface area contributed by atoms with Crippen molar-refractivity contribution in [1.29, 1.82) is 0 Å². The minimum atomic E-state index is -0.839. The van der Waals surface area contributed by atoms with Gasteiger partial charge in [-0.2, -0.15) is 0 Å². The third-order valence-corrected chi connectivity index (χ3v) is 6.56. The van der Waals surface area contributed by atoms with Crippen molar-refractivity contribution in [3.05, 3.63) is 71.0 Å². The second-order valence-electron chi connectivity index (χ2n) is 8.79. The summed E-state index contributed by atoms with van der Waals surface area (Å²) in [6.07, 6.45) is 9.03. The van der Waals surface area contributed by atoms with E-state index < -0.39 is 11.9 Å². The first kappa shape index (κ1) is 22.1. The van der Waals surface area contributed by atoms with Crippen LogP contribution in [0.3, 0.4) is 0 Å². The number of hydrogen-bond acceptors (Lipinski definition) is 4. The standard InChI is InChI=1S/C27H31NO4/c29-27(30)21(12-7-2-1-4-9-19-10-5-3-6-11-19)17-24(28-31)20-15-16-23-22-13-8-14-25(22)32-26(23)18-20/h3,5-6,10-11,15-16,18,21,31H,1-2,4,7-9,12-14,17H2,(H,29,30). The molecule has 1 unspecified atom stereocenters. The number of furan rings is 1. The van der Waals surface area contributed by atoms with E-state index in [9.17, 15) is 15.1 Å². The van der Waals surface area contributed by atoms with Crippen LogP contribution < -0.4 is 0 Å². The summed E-state index contributed by atoms with van der Waals surface area (Å²) < 4.78 is 5.98. The minimum Gasteiger partial charge on any atom is -0.481 e. The molecular weight excluding hydrogens is 402 g/mol. The van der Waals surface area contributed by atoms with E-state index in [4.69, 9.17) is 4.42 Å². The Kier molecular flexibility index (Phi) is 7.25. The molecule has 5 nitrogen and oxygen atoms in total. The number of benzene rings is 2. The van der Waals surface area contributed by atoms with Gasteiger partial charge in [-0.1, -0.05) is 66.9 Å². The van der Waals surface area contributed by atoms with Crippen LogP contribution in [-0.4, -0.2) is 22.0 Å². The molecule has 0 saturated carbocycles. The summed E-state index contributed by atoms with van der Waals surface area (Å²) in [4.78, 5) is 11.8. The van der Waals surface area contributed by atoms with E-state index in [1.807, 2.05) is 24.3 Å². The first-order valence-corrected chi connectivity index (χ1v) is 11.7. The molecule has 1 aliphatic rings. The van der Waals surface area contributed by atoms with E-state index in [1.165, 1.54) is 11.1 Å². The van der Waals surface area contributed by atoms with Gasteiger partial charge in [0, 0.05) is 29.4 Å². The average Bonchev–Trinajstić information content (AvgIpc) is 3.39. The summed E-state index contributed by atoms with van der Waals surface area (Å²) in [5.41, 5.74) is 4.54. The number of aliphatic carboxylic acids is 1. The number of rotatable bonds is 11. The number of carboxylic acid groups (broad SMARTS) is 1. The number of nitrogens with zero attached hydrogens (tertiary/aromatic N) is 1. The van der Waals surface area contributed by atoms with Crippen molar-refractivity contribution < 1.29 is 19.5 Å². The monoisotopic (exact) mass is 433 g/mol. The molecule has 0 aliphatic heterocycles. The molecule has 32 heavy (non-hydrogen) atoms. The normalized spacial score (nSPS) is 14.6. The lowest BCUT2D eigenvalue weighted by Crippen LogP contribution is -2.19. The topological polar surface area (TPSA) is 83.0 Å². The molecule has 3 aromatic rings. The largest absolute Gasteiger partial charge is 0.481 e. The van der Waals surface area contributed by atoms with Gasteiger partial charge in [-0.05, 0) is 43.7 Å². The number of hydrogen-bond donors (Lipinski definition) is 2. The summed E-state index contributed by atoms with van der Waals surface area (Å²) in [5, 5.41) is 23.9. The SMILES string of the molecule is O=C(O)C(CCCCCCc1ccccc1)CC(=NO)c1ccc2c3c(oc2c1)CCC3. The Morgan fingerprint density at radius 3 is 2.62 bits per heavy atom. The Bertz CT molecular complexity index is 1080. The fourth-order valence-electron chi connectivity index (χ4n) is 4.76. The lowest BCUT2D eigenvalue weighted by Gasteiger charge is -2.13. The Hall–Kier alpha value is -3.08. The minimum absolute atomic E-state index is 0.210. The highest BCUT2D eigenvalue weighted by Crippen LogP contribution is 2.33. The lowest BCUT2D eigenvalue weighted by atomic mass is 9.92. The fraction of sp³-hybridized carbons (Fsp3) is 0.407. The van der Waals surface area contributed by atoms with Gasteiger partial charge in [0.2, 0.25) is 0 Å². The molecule has 0 bridgehead atoms. The highest BCUT2D eigenvalue weighted by Gasteiger charge is 2.23. The average molecular weight is 434 g/mol. The number of carboxylic acids is 1. The van der Waals surface area contributed by atoms with E-state index in [0.29, 0.717) is 12.1 Å². The summed E-state index contributed by atoms with van der Waals surface area (Å²) in [5.74, 6) is -0.351. The Labute approximate surface area is 188 Å². The van der Waals surface area contributed by atoms with Crippen LogP contribution in [0.2, 0.25) is 0 Å². The summed E-state index contributed by atoms with van der Waals surface area (Å²) >= 11 is 0. The molecule has 1 aromatic heterocycles. The number of unbranched alkanes of at least 4 members (excludes halogenated alkanes) is 3. The van der Waals surface area contributed by atoms with Gasteiger partial charge in [-0.3, -0.25) is 4.79 Å². The van der Waals surface area contributed by atoms with Crippen molar-refractivity contribution in [3.63, 3.8) is 0 Å². The zero-order valence-electron chi connectivity index (χ0n) is 18.4. The number of aryl methyl sites for hydroxylation is 3. The molecule has 1 heterocycles. The zero-order chi connectivity index (χ0) is 22.3. The van der Waals surface area contributed by atoms with Gasteiger partial charge in [0.25, 0.3) is 0 Å². The van der Waals surface area contributed by atoms with Gasteiger partial charge in [-0.15, -0.1) is 0 Å². The number of oxime groups is 1. The molecule has 0 fully saturated rings. The van der Waals surface area contributed by atoms with Crippen LogP contribution in [0.4, 0.5) is 0 Å². The Morgan fingerprint density at radius 1 is 1.03 bits per heavy atom. The predicted octanol–water partition coefficient (Wildman–Crippen LogP) is 6.38. The maximum absolute atomic E-state index is 11.8. The molecule has 0 radical (unpaired) electrons. The maximum Gasteiger partial charge on any atom is 0.306 e. The van der Waals surface area contributed by atoms with Crippen LogP contribution in [0.15, 0.2) is 58.1 Å². The van der Waals surface area contributed by atoms with Crippen LogP contribution in [0, 0.1) is 5.92 Å². The molecule has 2 N–H and O–H groups in total. The van der Waals surface area contributed by atoms with Gasteiger partial charge in [0.15, 0.2) is 0 Å². The van der Waals surface area contributed by atoms with Crippen LogP contribution in [0.1, 0.15) is 67.4 Å². The molecular formula is C27H31NO4. The molecule has 5 heteroatoms. The zero-order valence-corrected chi connectivity index (χ0v) is 18.4. The smallest absolute Gasteiger partial charge is 0.306 e. The van der Waals surface area contributed by atoms with Crippen LogP contribution in [0.25, 0.3) is 11.0 Å². The van der Waals surface area contributed by atoms with Gasteiger partial charge < -0.3 is 14.7 Å². The quantitative estimate of drug-likeness (QED) is 0.159. The van der Waals surface area contributed by atoms with Crippen molar-refractivity contribution in [1.82, 2.24) is 0 Å². The predicted molar refractivity (Wildman–Crippen MR) is 126 cm³/mol. The van der Waals surface area contributed by atoms with Crippen molar-refractivity contribution >= 4 is 22.7 Å². The van der Waals surface area contributed by atoms with E-state index in [-0.39, 0.29) is 6.42 Å². The van der Waals surface area contributed by atoms with Crippen molar-refractivity contribution in [2.45, 2.75) is 64.2 Å². The van der Waals surface area contributed by atoms with Crippen molar-refractivity contribution in [2.75, 3.05) is 0 Å². The van der Waals surface area contributed by atoms with Crippen LogP contribution in [-0.2, 0) is 24.1 Å². The molecule has 1 atom stereocenters. The van der Waals surface area contributed by atoms with Crippen molar-refractivity contribution in [3.8, 4) is 0 Å². The van der Waals surface area contributed by atoms with E-state index in [2.05, 4.69) is 29.4 Å². The number of carbonyl (C=O) groups is 1. The summed E-state index contributed by atoms with van der Waals surface area (Å²) in [6, 6.07) is 16.2. The molecule has 168 valence electrons. The van der Waals surface area contributed by atoms with E-state index in [1.54, 1.807) is 0 Å². The third kappa shape index (κ3) is 5.21. The molecule has 0 saturated heterocycles. The molecule has 0 spiro atoms. The van der Waals surface area contributed by atoms with E-state index in [0.717, 1.165) is 73.7 Å². The highest BCUT2D eigenvalue weighted by molar-refractivity contribution is 6.04. The molecule has 1 aliphatic carbocycles. The van der Waals surface area contributed by atoms with Crippen molar-refractivity contribution in [2.24, 2.45) is 11.1 Å². The molecule has 4 rings (SSSR count). The second-order valence-corrected chi connectivity index (χ2v) is 8.79. The Balaban J connectivity index is 1.30. The molecule has 2 aromatic carbocycles. The van der Waals surface area contributed by atoms with Gasteiger partial charge in [0.05, 0.1) is 11.6 Å². The third-order valence-electron chi connectivity index (χ3n) is 6.56. The second kappa shape index (κ2) is 10.5. The van der Waals surface area contributed by atoms with Crippen LogP contribution in [0.5, 0.6) is 0 Å². The first-order chi connectivity index (χ1) is 15.7. The van der Waals surface area contributed by atoms with Crippen LogP contribution >= 0.6 is 0 Å². The number of fused-ring (bicyclic) bond motifs is 3. The van der Waals surface area contributed by atoms with Gasteiger partial charge in [-0.25, -0.2) is 0 Å². The Morgan fingerprint density at radius 2 is 1.84 bits per heavy atom. The lowest BCUT2D eigenvalue weighted by molar-refractivity contribution is -0.141. The highest BCUT2D eigenvalue weighted by atomic mass is 16.4. The maximum atomic E-state index is 11.8.